The Balaban J connectivity index is 1.82. The maximum atomic E-state index is 13.6. The highest BCUT2D eigenvalue weighted by Gasteiger charge is 2.23. The zero-order chi connectivity index (χ0) is 18.0. The van der Waals surface area contributed by atoms with Crippen LogP contribution in [0.15, 0.2) is 60.7 Å². The van der Waals surface area contributed by atoms with E-state index in [0.717, 1.165) is 11.1 Å². The lowest BCUT2D eigenvalue weighted by Crippen LogP contribution is -2.16. The number of anilines is 1. The van der Waals surface area contributed by atoms with Crippen molar-refractivity contribution in [2.24, 2.45) is 0 Å². The van der Waals surface area contributed by atoms with Crippen molar-refractivity contribution in [2.75, 3.05) is 5.32 Å². The van der Waals surface area contributed by atoms with E-state index >= 15 is 0 Å². The fourth-order valence-corrected chi connectivity index (χ4v) is 2.31. The smallest absolute Gasteiger partial charge is 0.258 e. The monoisotopic (exact) mass is 345 g/mol. The van der Waals surface area contributed by atoms with Crippen LogP contribution >= 0.6 is 0 Å². The number of benzene rings is 3. The molecule has 0 aromatic heterocycles. The SMILES string of the molecule is O=C(Nc1ccc(-c2ccccc2)cc1)c1cc(F)c(F)c(F)c1F. The van der Waals surface area contributed by atoms with Crippen molar-refractivity contribution < 1.29 is 22.4 Å². The summed E-state index contributed by atoms with van der Waals surface area (Å²) in [4.78, 5) is 12.0. The molecule has 1 N–H and O–H groups in total. The molecule has 0 saturated carbocycles. The van der Waals surface area contributed by atoms with Gasteiger partial charge in [0.05, 0.1) is 5.56 Å². The Kier molecular flexibility index (Phi) is 4.52. The average molecular weight is 345 g/mol. The van der Waals surface area contributed by atoms with Crippen LogP contribution in [0.5, 0.6) is 0 Å². The van der Waals surface area contributed by atoms with E-state index in [4.69, 9.17) is 0 Å². The minimum absolute atomic E-state index is 0.300. The highest BCUT2D eigenvalue weighted by atomic mass is 19.2. The molecule has 0 saturated heterocycles. The maximum absolute atomic E-state index is 13.6. The van der Waals surface area contributed by atoms with E-state index < -0.39 is 34.7 Å². The van der Waals surface area contributed by atoms with Gasteiger partial charge < -0.3 is 5.32 Å². The van der Waals surface area contributed by atoms with Crippen LogP contribution in [0, 0.1) is 23.3 Å². The quantitative estimate of drug-likeness (QED) is 0.396. The van der Waals surface area contributed by atoms with Crippen molar-refractivity contribution in [1.29, 1.82) is 0 Å². The van der Waals surface area contributed by atoms with E-state index in [1.165, 1.54) is 0 Å². The van der Waals surface area contributed by atoms with Crippen LogP contribution in [0.4, 0.5) is 23.2 Å². The summed E-state index contributed by atoms with van der Waals surface area (Å²) in [5, 5.41) is 2.32. The lowest BCUT2D eigenvalue weighted by Gasteiger charge is -2.09. The number of nitrogens with one attached hydrogen (secondary N) is 1. The zero-order valence-electron chi connectivity index (χ0n) is 12.7. The molecule has 0 aliphatic carbocycles. The number of hydrogen-bond donors (Lipinski definition) is 1. The number of carbonyl (C=O) groups is 1. The molecular formula is C19H11F4NO. The van der Waals surface area contributed by atoms with Gasteiger partial charge in [0.25, 0.3) is 5.91 Å². The number of hydrogen-bond acceptors (Lipinski definition) is 1. The standard InChI is InChI=1S/C19H11F4NO/c20-15-10-14(16(21)18(23)17(15)22)19(25)24-13-8-6-12(7-9-13)11-4-2-1-3-5-11/h1-10H,(H,24,25). The lowest BCUT2D eigenvalue weighted by atomic mass is 10.1. The second-order valence-corrected chi connectivity index (χ2v) is 5.25. The van der Waals surface area contributed by atoms with Crippen LogP contribution < -0.4 is 5.32 Å². The first kappa shape index (κ1) is 16.7. The number of halogens is 4. The summed E-state index contributed by atoms with van der Waals surface area (Å²) in [7, 11) is 0. The van der Waals surface area contributed by atoms with Crippen molar-refractivity contribution in [3.63, 3.8) is 0 Å². The van der Waals surface area contributed by atoms with Gasteiger partial charge in [-0.05, 0) is 29.3 Å². The molecule has 126 valence electrons. The van der Waals surface area contributed by atoms with Gasteiger partial charge in [0, 0.05) is 5.69 Å². The van der Waals surface area contributed by atoms with E-state index in [2.05, 4.69) is 5.32 Å². The zero-order valence-corrected chi connectivity index (χ0v) is 12.7. The molecule has 3 aromatic carbocycles. The van der Waals surface area contributed by atoms with Crippen LogP contribution in [0.2, 0.25) is 0 Å². The molecule has 0 bridgehead atoms. The van der Waals surface area contributed by atoms with Gasteiger partial charge in [0.1, 0.15) is 0 Å². The van der Waals surface area contributed by atoms with Gasteiger partial charge in [-0.25, -0.2) is 17.6 Å². The van der Waals surface area contributed by atoms with Gasteiger partial charge in [0.15, 0.2) is 23.3 Å². The Bertz CT molecular complexity index is 924. The van der Waals surface area contributed by atoms with E-state index in [1.807, 2.05) is 30.3 Å². The first-order chi connectivity index (χ1) is 12.0. The minimum Gasteiger partial charge on any atom is -0.322 e. The van der Waals surface area contributed by atoms with Gasteiger partial charge in [-0.3, -0.25) is 4.79 Å². The molecule has 0 fully saturated rings. The second kappa shape index (κ2) is 6.76. The summed E-state index contributed by atoms with van der Waals surface area (Å²) in [5.41, 5.74) is 1.25. The Morgan fingerprint density at radius 2 is 1.32 bits per heavy atom. The van der Waals surface area contributed by atoms with Crippen LogP contribution in [0.3, 0.4) is 0 Å². The average Bonchev–Trinajstić information content (AvgIpc) is 2.64. The number of amides is 1. The molecule has 0 radical (unpaired) electrons. The number of rotatable bonds is 3. The molecular weight excluding hydrogens is 334 g/mol. The Morgan fingerprint density at radius 1 is 0.720 bits per heavy atom. The van der Waals surface area contributed by atoms with Gasteiger partial charge in [-0.2, -0.15) is 0 Å². The topological polar surface area (TPSA) is 29.1 Å². The molecule has 25 heavy (non-hydrogen) atoms. The molecule has 3 aromatic rings. The first-order valence-corrected chi connectivity index (χ1v) is 7.27. The summed E-state index contributed by atoms with van der Waals surface area (Å²) in [5.74, 6) is -8.44. The van der Waals surface area contributed by atoms with E-state index in [0.29, 0.717) is 11.8 Å². The fourth-order valence-electron chi connectivity index (χ4n) is 2.31. The van der Waals surface area contributed by atoms with E-state index in [-0.39, 0.29) is 0 Å². The van der Waals surface area contributed by atoms with Gasteiger partial charge >= 0.3 is 0 Å². The Morgan fingerprint density at radius 3 is 1.96 bits per heavy atom. The Labute approximate surface area is 140 Å². The van der Waals surface area contributed by atoms with Crippen molar-refractivity contribution >= 4 is 11.6 Å². The highest BCUT2D eigenvalue weighted by Crippen LogP contribution is 2.23. The minimum atomic E-state index is -2.02. The van der Waals surface area contributed by atoms with Crippen LogP contribution in [-0.4, -0.2) is 5.91 Å². The van der Waals surface area contributed by atoms with Gasteiger partial charge in [-0.1, -0.05) is 42.5 Å². The van der Waals surface area contributed by atoms with Gasteiger partial charge in [-0.15, -0.1) is 0 Å². The fraction of sp³-hybridized carbons (Fsp3) is 0. The van der Waals surface area contributed by atoms with Crippen LogP contribution in [0.1, 0.15) is 10.4 Å². The molecule has 1 amide bonds. The van der Waals surface area contributed by atoms with Crippen molar-refractivity contribution in [3.8, 4) is 11.1 Å². The summed E-state index contributed by atoms with van der Waals surface area (Å²) in [6.45, 7) is 0. The molecule has 0 atom stereocenters. The van der Waals surface area contributed by atoms with Crippen LogP contribution in [-0.2, 0) is 0 Å². The summed E-state index contributed by atoms with van der Waals surface area (Å²) >= 11 is 0. The van der Waals surface area contributed by atoms with E-state index in [9.17, 15) is 22.4 Å². The molecule has 3 rings (SSSR count). The van der Waals surface area contributed by atoms with Crippen LogP contribution in [0.25, 0.3) is 11.1 Å². The third kappa shape index (κ3) is 3.38. The summed E-state index contributed by atoms with van der Waals surface area (Å²) < 4.78 is 53.0. The summed E-state index contributed by atoms with van der Waals surface area (Å²) in [6, 6.07) is 16.4. The molecule has 6 heteroatoms. The third-order valence-electron chi connectivity index (χ3n) is 3.60. The Hall–Kier alpha value is -3.15. The van der Waals surface area contributed by atoms with Crippen molar-refractivity contribution in [1.82, 2.24) is 0 Å². The molecule has 0 unspecified atom stereocenters. The summed E-state index contributed by atoms with van der Waals surface area (Å²) in [6.07, 6.45) is 0. The predicted octanol–water partition coefficient (Wildman–Crippen LogP) is 5.16. The molecule has 2 nitrogen and oxygen atoms in total. The number of carbonyl (C=O) groups excluding carboxylic acids is 1. The first-order valence-electron chi connectivity index (χ1n) is 7.27. The van der Waals surface area contributed by atoms with Crippen molar-refractivity contribution in [2.45, 2.75) is 0 Å². The third-order valence-corrected chi connectivity index (χ3v) is 3.60. The lowest BCUT2D eigenvalue weighted by molar-refractivity contribution is 0.102. The van der Waals surface area contributed by atoms with Gasteiger partial charge in [0.2, 0.25) is 0 Å². The highest BCUT2D eigenvalue weighted by molar-refractivity contribution is 6.04. The molecule has 0 heterocycles. The molecule has 0 aliphatic heterocycles. The van der Waals surface area contributed by atoms with Crippen molar-refractivity contribution in [3.05, 3.63) is 89.5 Å². The predicted molar refractivity (Wildman–Crippen MR) is 86.1 cm³/mol. The molecule has 0 aliphatic rings. The van der Waals surface area contributed by atoms with E-state index in [1.54, 1.807) is 24.3 Å². The second-order valence-electron chi connectivity index (χ2n) is 5.25. The maximum Gasteiger partial charge on any atom is 0.258 e. The molecule has 0 spiro atoms. The normalized spacial score (nSPS) is 10.6. The largest absolute Gasteiger partial charge is 0.322 e.